The zero-order valence-electron chi connectivity index (χ0n) is 13.0. The van der Waals surface area contributed by atoms with Crippen LogP contribution >= 0.6 is 0 Å². The van der Waals surface area contributed by atoms with E-state index in [2.05, 4.69) is 4.90 Å². The third-order valence-electron chi connectivity index (χ3n) is 6.31. The zero-order chi connectivity index (χ0) is 14.3. The number of rotatable bonds is 1. The van der Waals surface area contributed by atoms with Gasteiger partial charge in [0.05, 0.1) is 19.3 Å². The smallest absolute Gasteiger partial charge is 0.170 e. The molecule has 2 aliphatic carbocycles. The Hall–Kier alpha value is -0.160. The van der Waals surface area contributed by atoms with Crippen LogP contribution in [0, 0.1) is 5.92 Å². The first-order chi connectivity index (χ1) is 10.3. The second-order valence-electron chi connectivity index (χ2n) is 7.48. The van der Waals surface area contributed by atoms with Crippen LogP contribution in [0.15, 0.2) is 0 Å². The van der Waals surface area contributed by atoms with E-state index >= 15 is 0 Å². The lowest BCUT2D eigenvalue weighted by molar-refractivity contribution is -0.210. The molecule has 2 saturated heterocycles. The molecule has 1 N–H and O–H groups in total. The molecule has 4 aliphatic rings. The topological polar surface area (TPSA) is 41.9 Å². The first-order valence-corrected chi connectivity index (χ1v) is 8.99. The van der Waals surface area contributed by atoms with Crippen LogP contribution in [0.1, 0.15) is 57.8 Å². The number of nitrogens with zero attached hydrogens (tertiary/aromatic N) is 1. The maximum Gasteiger partial charge on any atom is 0.170 e. The highest BCUT2D eigenvalue weighted by Gasteiger charge is 2.49. The van der Waals surface area contributed by atoms with E-state index in [0.717, 1.165) is 44.9 Å². The maximum atomic E-state index is 10.6. The average molecular weight is 295 g/mol. The van der Waals surface area contributed by atoms with Crippen LogP contribution in [0.3, 0.4) is 0 Å². The summed E-state index contributed by atoms with van der Waals surface area (Å²) in [6.45, 7) is 2.59. The van der Waals surface area contributed by atoms with E-state index in [0.29, 0.717) is 6.04 Å². The molecule has 2 aliphatic heterocycles. The molecule has 0 aromatic carbocycles. The minimum Gasteiger partial charge on any atom is -0.391 e. The zero-order valence-corrected chi connectivity index (χ0v) is 13.0. The van der Waals surface area contributed by atoms with Crippen molar-refractivity contribution in [1.82, 2.24) is 4.90 Å². The molecule has 0 bridgehead atoms. The number of aliphatic hydroxyl groups excluding tert-OH is 1. The molecule has 2 heterocycles. The predicted octanol–water partition coefficient (Wildman–Crippen LogP) is 2.30. The van der Waals surface area contributed by atoms with Crippen LogP contribution in [0.2, 0.25) is 0 Å². The third kappa shape index (κ3) is 2.65. The molecule has 4 rings (SSSR count). The van der Waals surface area contributed by atoms with E-state index in [4.69, 9.17) is 9.47 Å². The first-order valence-electron chi connectivity index (χ1n) is 8.99. The molecule has 4 atom stereocenters. The Labute approximate surface area is 127 Å². The van der Waals surface area contributed by atoms with Crippen molar-refractivity contribution in [2.24, 2.45) is 5.92 Å². The third-order valence-corrected chi connectivity index (χ3v) is 6.31. The molecule has 4 fully saturated rings. The lowest BCUT2D eigenvalue weighted by Crippen LogP contribution is -2.59. The van der Waals surface area contributed by atoms with Gasteiger partial charge < -0.3 is 14.6 Å². The summed E-state index contributed by atoms with van der Waals surface area (Å²) in [5, 5.41) is 10.6. The summed E-state index contributed by atoms with van der Waals surface area (Å²) >= 11 is 0. The second kappa shape index (κ2) is 5.80. The summed E-state index contributed by atoms with van der Waals surface area (Å²) in [5.74, 6) is 0.480. The summed E-state index contributed by atoms with van der Waals surface area (Å²) in [6, 6.07) is 0.937. The Morgan fingerprint density at radius 2 is 1.67 bits per heavy atom. The van der Waals surface area contributed by atoms with Crippen molar-refractivity contribution in [3.05, 3.63) is 0 Å². The Kier molecular flexibility index (Phi) is 3.99. The normalized spacial score (nSPS) is 43.9. The van der Waals surface area contributed by atoms with E-state index in [1.165, 1.54) is 38.5 Å². The molecule has 0 aromatic heterocycles. The van der Waals surface area contributed by atoms with Crippen LogP contribution < -0.4 is 0 Å². The Balaban J connectivity index is 1.52. The molecule has 0 amide bonds. The number of piperidine rings is 1. The molecule has 120 valence electrons. The molecular weight excluding hydrogens is 266 g/mol. The van der Waals surface area contributed by atoms with Crippen molar-refractivity contribution in [3.63, 3.8) is 0 Å². The number of likely N-dealkylation sites (tertiary alicyclic amines) is 1. The van der Waals surface area contributed by atoms with Gasteiger partial charge >= 0.3 is 0 Å². The van der Waals surface area contributed by atoms with Gasteiger partial charge in [-0.3, -0.25) is 4.90 Å². The molecule has 2 saturated carbocycles. The first kappa shape index (κ1) is 14.4. The summed E-state index contributed by atoms with van der Waals surface area (Å²) in [5.41, 5.74) is 0. The van der Waals surface area contributed by atoms with Gasteiger partial charge in [-0.05, 0) is 44.6 Å². The fraction of sp³-hybridized carbons (Fsp3) is 1.00. The second-order valence-corrected chi connectivity index (χ2v) is 7.48. The van der Waals surface area contributed by atoms with Gasteiger partial charge in [-0.15, -0.1) is 0 Å². The number of aliphatic hydroxyl groups is 1. The van der Waals surface area contributed by atoms with Crippen molar-refractivity contribution in [1.29, 1.82) is 0 Å². The minimum atomic E-state index is -0.383. The largest absolute Gasteiger partial charge is 0.391 e. The molecular formula is C17H29NO3. The van der Waals surface area contributed by atoms with E-state index in [-0.39, 0.29) is 17.9 Å². The van der Waals surface area contributed by atoms with Crippen LogP contribution in [0.4, 0.5) is 0 Å². The van der Waals surface area contributed by atoms with Crippen LogP contribution in [-0.4, -0.2) is 53.7 Å². The maximum absolute atomic E-state index is 10.6. The minimum absolute atomic E-state index is 0.205. The number of fused-ring (bicyclic) bond motifs is 1. The summed E-state index contributed by atoms with van der Waals surface area (Å²) in [7, 11) is 0. The van der Waals surface area contributed by atoms with Crippen LogP contribution in [-0.2, 0) is 9.47 Å². The average Bonchev–Trinajstić information content (AvgIpc) is 2.98. The van der Waals surface area contributed by atoms with Gasteiger partial charge in [0.1, 0.15) is 0 Å². The van der Waals surface area contributed by atoms with Crippen molar-refractivity contribution >= 4 is 0 Å². The van der Waals surface area contributed by atoms with Gasteiger partial charge in [-0.2, -0.15) is 0 Å². The number of hydrogen-bond acceptors (Lipinski definition) is 4. The standard InChI is InChI=1S/C17H29NO3/c19-16-7-8-17(20-10-11-21-17)12-15(16)18-9-3-5-13-4-1-2-6-14(13)18/h13-16,19H,1-12H2. The number of hydrogen-bond donors (Lipinski definition) is 1. The fourth-order valence-corrected chi connectivity index (χ4v) is 5.29. The van der Waals surface area contributed by atoms with Gasteiger partial charge in [-0.25, -0.2) is 0 Å². The van der Waals surface area contributed by atoms with E-state index in [9.17, 15) is 5.11 Å². The van der Waals surface area contributed by atoms with Crippen molar-refractivity contribution in [2.75, 3.05) is 19.8 Å². The summed E-state index contributed by atoms with van der Waals surface area (Å²) in [6.07, 6.45) is 10.5. The highest BCUT2D eigenvalue weighted by molar-refractivity contribution is 4.98. The van der Waals surface area contributed by atoms with Crippen molar-refractivity contribution in [2.45, 2.75) is 81.8 Å². The molecule has 1 spiro atoms. The summed E-state index contributed by atoms with van der Waals surface area (Å²) < 4.78 is 11.9. The highest BCUT2D eigenvalue weighted by atomic mass is 16.7. The molecule has 0 radical (unpaired) electrons. The van der Waals surface area contributed by atoms with E-state index in [1.54, 1.807) is 0 Å². The Bertz CT molecular complexity index is 367. The molecule has 4 heteroatoms. The van der Waals surface area contributed by atoms with Crippen LogP contribution in [0.5, 0.6) is 0 Å². The molecule has 4 nitrogen and oxygen atoms in total. The Morgan fingerprint density at radius 3 is 2.52 bits per heavy atom. The fourth-order valence-electron chi connectivity index (χ4n) is 5.29. The van der Waals surface area contributed by atoms with Crippen LogP contribution in [0.25, 0.3) is 0 Å². The van der Waals surface area contributed by atoms with Gasteiger partial charge in [0.15, 0.2) is 5.79 Å². The SMILES string of the molecule is OC1CCC2(CC1N1CCCC3CCCCC31)OCCO2. The number of ether oxygens (including phenoxy) is 2. The van der Waals surface area contributed by atoms with Gasteiger partial charge in [-0.1, -0.05) is 12.8 Å². The highest BCUT2D eigenvalue weighted by Crippen LogP contribution is 2.42. The van der Waals surface area contributed by atoms with E-state index in [1.807, 2.05) is 0 Å². The van der Waals surface area contributed by atoms with Gasteiger partial charge in [0.25, 0.3) is 0 Å². The lowest BCUT2D eigenvalue weighted by Gasteiger charge is -2.52. The van der Waals surface area contributed by atoms with Crippen molar-refractivity contribution < 1.29 is 14.6 Å². The quantitative estimate of drug-likeness (QED) is 0.806. The van der Waals surface area contributed by atoms with Gasteiger partial charge in [0.2, 0.25) is 0 Å². The predicted molar refractivity (Wildman–Crippen MR) is 80.0 cm³/mol. The summed E-state index contributed by atoms with van der Waals surface area (Å²) in [4.78, 5) is 2.64. The Morgan fingerprint density at radius 1 is 0.905 bits per heavy atom. The monoisotopic (exact) mass is 295 g/mol. The molecule has 0 aromatic rings. The van der Waals surface area contributed by atoms with Gasteiger partial charge in [0, 0.05) is 24.9 Å². The lowest BCUT2D eigenvalue weighted by atomic mass is 9.75. The molecule has 21 heavy (non-hydrogen) atoms. The molecule has 4 unspecified atom stereocenters. The van der Waals surface area contributed by atoms with Crippen molar-refractivity contribution in [3.8, 4) is 0 Å². The van der Waals surface area contributed by atoms with E-state index < -0.39 is 0 Å².